The van der Waals surface area contributed by atoms with Gasteiger partial charge in [0, 0.05) is 22.4 Å². The Labute approximate surface area is 171 Å². The smallest absolute Gasteiger partial charge is 0.295 e. The van der Waals surface area contributed by atoms with Crippen LogP contribution < -0.4 is 10.1 Å². The van der Waals surface area contributed by atoms with Crippen molar-refractivity contribution >= 4 is 33.3 Å². The number of rotatable bonds is 6. The summed E-state index contributed by atoms with van der Waals surface area (Å²) < 4.78 is 6.06. The van der Waals surface area contributed by atoms with Gasteiger partial charge in [-0.3, -0.25) is 9.59 Å². The summed E-state index contributed by atoms with van der Waals surface area (Å²) in [6, 6.07) is 14.2. The van der Waals surface area contributed by atoms with E-state index in [1.165, 1.54) is 4.90 Å². The number of nitrogens with zero attached hydrogens (tertiary/aromatic N) is 1. The van der Waals surface area contributed by atoms with Crippen LogP contribution in [0.4, 0.5) is 5.69 Å². The van der Waals surface area contributed by atoms with E-state index in [1.807, 2.05) is 48.5 Å². The molecule has 1 amide bonds. The quantitative estimate of drug-likeness (QED) is 0.527. The van der Waals surface area contributed by atoms with E-state index >= 15 is 0 Å². The summed E-state index contributed by atoms with van der Waals surface area (Å²) in [5, 5.41) is 12.6. The largest absolute Gasteiger partial charge is 0.497 e. The predicted molar refractivity (Wildman–Crippen MR) is 110 cm³/mol. The van der Waals surface area contributed by atoms with Crippen LogP contribution in [-0.2, 0) is 9.59 Å². The zero-order chi connectivity index (χ0) is 20.3. The number of ether oxygens (including phenoxy) is 1. The Morgan fingerprint density at radius 2 is 1.79 bits per heavy atom. The third kappa shape index (κ3) is 3.95. The number of aliphatic hydroxyl groups excluding tert-OH is 1. The Kier molecular flexibility index (Phi) is 6.16. The average molecular weight is 445 g/mol. The molecule has 1 fully saturated rings. The fourth-order valence-corrected chi connectivity index (χ4v) is 3.57. The standard InChI is InChI=1S/C21H21BrN2O4/c1-13(23-16-7-9-17(28-2)10-8-16)18-19(14-3-5-15(22)6-4-14)24(11-12-25)21(27)20(18)26/h3-10,19,23,25H,11-12H2,1-2H3/t19-/m1/s1. The first-order valence-corrected chi connectivity index (χ1v) is 9.59. The number of benzene rings is 2. The molecule has 1 heterocycles. The molecule has 2 aromatic rings. The summed E-state index contributed by atoms with van der Waals surface area (Å²) in [6.45, 7) is 1.65. The van der Waals surface area contributed by atoms with E-state index in [2.05, 4.69) is 21.2 Å². The number of hydrogen-bond donors (Lipinski definition) is 2. The van der Waals surface area contributed by atoms with Crippen molar-refractivity contribution in [3.8, 4) is 5.75 Å². The van der Waals surface area contributed by atoms with Crippen molar-refractivity contribution in [1.29, 1.82) is 0 Å². The minimum atomic E-state index is -0.604. The van der Waals surface area contributed by atoms with Gasteiger partial charge in [-0.05, 0) is 48.9 Å². The van der Waals surface area contributed by atoms with Crippen molar-refractivity contribution in [2.24, 2.45) is 0 Å². The van der Waals surface area contributed by atoms with Crippen LogP contribution >= 0.6 is 15.9 Å². The topological polar surface area (TPSA) is 78.9 Å². The van der Waals surface area contributed by atoms with Crippen LogP contribution in [0, 0.1) is 0 Å². The second-order valence-electron chi connectivity index (χ2n) is 6.40. The van der Waals surface area contributed by atoms with Gasteiger partial charge in [-0.1, -0.05) is 28.1 Å². The highest BCUT2D eigenvalue weighted by molar-refractivity contribution is 9.10. The molecule has 2 N–H and O–H groups in total. The molecule has 28 heavy (non-hydrogen) atoms. The maximum Gasteiger partial charge on any atom is 0.295 e. The molecular weight excluding hydrogens is 424 g/mol. The maximum atomic E-state index is 12.8. The third-order valence-corrected chi connectivity index (χ3v) is 5.17. The van der Waals surface area contributed by atoms with E-state index in [1.54, 1.807) is 14.0 Å². The Morgan fingerprint density at radius 3 is 2.36 bits per heavy atom. The molecule has 0 unspecified atom stereocenters. The highest BCUT2D eigenvalue weighted by Crippen LogP contribution is 2.38. The van der Waals surface area contributed by atoms with E-state index in [4.69, 9.17) is 4.74 Å². The molecule has 0 spiro atoms. The number of aliphatic hydroxyl groups is 1. The molecule has 146 valence electrons. The van der Waals surface area contributed by atoms with Gasteiger partial charge in [0.15, 0.2) is 0 Å². The predicted octanol–water partition coefficient (Wildman–Crippen LogP) is 3.29. The van der Waals surface area contributed by atoms with Crippen molar-refractivity contribution in [2.75, 3.05) is 25.6 Å². The lowest BCUT2D eigenvalue weighted by molar-refractivity contribution is -0.140. The Morgan fingerprint density at radius 1 is 1.14 bits per heavy atom. The number of amides is 1. The zero-order valence-electron chi connectivity index (χ0n) is 15.6. The third-order valence-electron chi connectivity index (χ3n) is 4.64. The van der Waals surface area contributed by atoms with Crippen molar-refractivity contribution < 1.29 is 19.4 Å². The van der Waals surface area contributed by atoms with Gasteiger partial charge in [-0.2, -0.15) is 0 Å². The van der Waals surface area contributed by atoms with E-state index in [0.29, 0.717) is 11.3 Å². The number of halogens is 1. The molecule has 0 aromatic heterocycles. The zero-order valence-corrected chi connectivity index (χ0v) is 17.2. The number of nitrogens with one attached hydrogen (secondary N) is 1. The van der Waals surface area contributed by atoms with Crippen molar-refractivity contribution in [1.82, 2.24) is 4.90 Å². The minimum Gasteiger partial charge on any atom is -0.497 e. The van der Waals surface area contributed by atoms with E-state index in [9.17, 15) is 14.7 Å². The lowest BCUT2D eigenvalue weighted by atomic mass is 9.97. The first-order valence-electron chi connectivity index (χ1n) is 8.79. The molecule has 1 atom stereocenters. The normalized spacial score (nSPS) is 18.4. The van der Waals surface area contributed by atoms with Gasteiger partial charge in [0.1, 0.15) is 5.75 Å². The number of Topliss-reactive ketones (excluding diaryl/α,β-unsaturated/α-hetero) is 1. The van der Waals surface area contributed by atoms with Gasteiger partial charge in [0.2, 0.25) is 0 Å². The molecule has 7 heteroatoms. The van der Waals surface area contributed by atoms with Gasteiger partial charge in [-0.15, -0.1) is 0 Å². The number of anilines is 1. The van der Waals surface area contributed by atoms with Crippen molar-refractivity contribution in [2.45, 2.75) is 13.0 Å². The molecule has 1 saturated heterocycles. The summed E-state index contributed by atoms with van der Waals surface area (Å²) in [7, 11) is 1.59. The molecule has 0 bridgehead atoms. The maximum absolute atomic E-state index is 12.8. The van der Waals surface area contributed by atoms with Gasteiger partial charge in [0.05, 0.1) is 25.3 Å². The number of likely N-dealkylation sites (tertiary alicyclic amines) is 1. The molecule has 0 radical (unpaired) electrons. The van der Waals surface area contributed by atoms with Crippen LogP contribution in [0.3, 0.4) is 0 Å². The Hall–Kier alpha value is -2.64. The highest BCUT2D eigenvalue weighted by Gasteiger charge is 2.44. The fourth-order valence-electron chi connectivity index (χ4n) is 3.31. The molecule has 2 aromatic carbocycles. The molecule has 3 rings (SSSR count). The Bertz CT molecular complexity index is 907. The number of carbonyl (C=O) groups is 2. The monoisotopic (exact) mass is 444 g/mol. The highest BCUT2D eigenvalue weighted by atomic mass is 79.9. The summed E-state index contributed by atoms with van der Waals surface area (Å²) >= 11 is 3.40. The molecule has 1 aliphatic rings. The lowest BCUT2D eigenvalue weighted by Crippen LogP contribution is -2.32. The molecule has 1 aliphatic heterocycles. The lowest BCUT2D eigenvalue weighted by Gasteiger charge is -2.25. The number of allylic oxidation sites excluding steroid dienone is 1. The summed E-state index contributed by atoms with van der Waals surface area (Å²) in [4.78, 5) is 26.8. The van der Waals surface area contributed by atoms with Crippen LogP contribution in [0.15, 0.2) is 64.3 Å². The van der Waals surface area contributed by atoms with Gasteiger partial charge < -0.3 is 20.1 Å². The van der Waals surface area contributed by atoms with Crippen molar-refractivity contribution in [3.05, 3.63) is 69.8 Å². The van der Waals surface area contributed by atoms with Crippen molar-refractivity contribution in [3.63, 3.8) is 0 Å². The van der Waals surface area contributed by atoms with Crippen LogP contribution in [0.25, 0.3) is 0 Å². The molecule has 0 saturated carbocycles. The molecule has 0 aliphatic carbocycles. The summed E-state index contributed by atoms with van der Waals surface area (Å²) in [6.07, 6.45) is 0. The van der Waals surface area contributed by atoms with E-state index < -0.39 is 17.7 Å². The second kappa shape index (κ2) is 8.58. The van der Waals surface area contributed by atoms with E-state index in [-0.39, 0.29) is 13.2 Å². The Balaban J connectivity index is 2.02. The van der Waals surface area contributed by atoms with Gasteiger partial charge >= 0.3 is 0 Å². The number of ketones is 1. The number of methoxy groups -OCH3 is 1. The van der Waals surface area contributed by atoms with Crippen LogP contribution in [0.5, 0.6) is 5.75 Å². The first-order chi connectivity index (χ1) is 13.5. The number of hydrogen-bond acceptors (Lipinski definition) is 5. The van der Waals surface area contributed by atoms with Gasteiger partial charge in [0.25, 0.3) is 11.7 Å². The fraction of sp³-hybridized carbons (Fsp3) is 0.238. The number of β-amino-alcohol motifs (C(OH)–C–C–N with tert-alkyl or cyclic N) is 1. The average Bonchev–Trinajstić information content (AvgIpc) is 2.94. The van der Waals surface area contributed by atoms with Crippen LogP contribution in [0.2, 0.25) is 0 Å². The summed E-state index contributed by atoms with van der Waals surface area (Å²) in [5.41, 5.74) is 2.57. The van der Waals surface area contributed by atoms with Crippen LogP contribution in [0.1, 0.15) is 18.5 Å². The number of carbonyl (C=O) groups excluding carboxylic acids is 2. The SMILES string of the molecule is COc1ccc(NC(C)=C2C(=O)C(=O)N(CCO)[C@@H]2c2ccc(Br)cc2)cc1. The summed E-state index contributed by atoms with van der Waals surface area (Å²) in [5.74, 6) is -0.433. The molecule has 6 nitrogen and oxygen atoms in total. The van der Waals surface area contributed by atoms with E-state index in [0.717, 1.165) is 21.5 Å². The first kappa shape index (κ1) is 20.1. The van der Waals surface area contributed by atoms with Crippen LogP contribution in [-0.4, -0.2) is 42.0 Å². The van der Waals surface area contributed by atoms with Gasteiger partial charge in [-0.25, -0.2) is 0 Å². The minimum absolute atomic E-state index is 0.0879. The molecular formula is C21H21BrN2O4. The second-order valence-corrected chi connectivity index (χ2v) is 7.31.